The molecule has 0 radical (unpaired) electrons. The Bertz CT molecular complexity index is 1660. The van der Waals surface area contributed by atoms with Gasteiger partial charge in [0.2, 0.25) is 0 Å². The van der Waals surface area contributed by atoms with E-state index >= 15 is 0 Å². The van der Waals surface area contributed by atoms with Crippen molar-refractivity contribution in [2.45, 2.75) is 13.5 Å². The number of thiophene rings is 1. The van der Waals surface area contributed by atoms with Gasteiger partial charge in [0.1, 0.15) is 23.0 Å². The van der Waals surface area contributed by atoms with Crippen LogP contribution < -0.4 is 14.9 Å². The fraction of sp³-hybridized carbons (Fsp3) is 0.0645. The van der Waals surface area contributed by atoms with Gasteiger partial charge in [-0.3, -0.25) is 4.79 Å². The number of carbonyl (C=O) groups is 2. The third kappa shape index (κ3) is 6.52. The molecule has 0 bridgehead atoms. The first kappa shape index (κ1) is 26.2. The number of rotatable bonds is 8. The zero-order chi connectivity index (χ0) is 27.2. The third-order valence-electron chi connectivity index (χ3n) is 5.81. The predicted octanol–water partition coefficient (Wildman–Crippen LogP) is 7.43. The lowest BCUT2D eigenvalue weighted by Gasteiger charge is -2.07. The van der Waals surface area contributed by atoms with Crippen LogP contribution in [-0.2, 0) is 6.61 Å². The molecule has 0 saturated carbocycles. The van der Waals surface area contributed by atoms with Gasteiger partial charge in [0, 0.05) is 15.6 Å². The SMILES string of the molecule is Cc1ccc(COc2ccc(C(=O)N/N=C\c3cccc(OC(=O)c4sc5ccccc5c4Cl)c3)cc2)cc1. The van der Waals surface area contributed by atoms with E-state index in [-0.39, 0.29) is 5.91 Å². The molecule has 0 atom stereocenters. The van der Waals surface area contributed by atoms with E-state index in [0.717, 1.165) is 15.6 Å². The summed E-state index contributed by atoms with van der Waals surface area (Å²) in [5.41, 5.74) is 5.85. The van der Waals surface area contributed by atoms with Crippen LogP contribution >= 0.6 is 22.9 Å². The molecule has 1 amide bonds. The van der Waals surface area contributed by atoms with Crippen LogP contribution in [-0.4, -0.2) is 18.1 Å². The molecule has 194 valence electrons. The smallest absolute Gasteiger partial charge is 0.355 e. The van der Waals surface area contributed by atoms with Gasteiger partial charge in [-0.1, -0.05) is 71.8 Å². The quantitative estimate of drug-likeness (QED) is 0.0936. The fourth-order valence-electron chi connectivity index (χ4n) is 3.74. The minimum Gasteiger partial charge on any atom is -0.489 e. The van der Waals surface area contributed by atoms with Gasteiger partial charge in [-0.05, 0) is 60.5 Å². The van der Waals surface area contributed by atoms with E-state index in [2.05, 4.69) is 10.5 Å². The number of nitrogens with zero attached hydrogens (tertiary/aromatic N) is 1. The van der Waals surface area contributed by atoms with Gasteiger partial charge < -0.3 is 9.47 Å². The van der Waals surface area contributed by atoms with Crippen LogP contribution in [0.5, 0.6) is 11.5 Å². The van der Waals surface area contributed by atoms with E-state index in [1.165, 1.54) is 23.1 Å². The minimum atomic E-state index is -0.533. The monoisotopic (exact) mass is 554 g/mol. The zero-order valence-electron chi connectivity index (χ0n) is 20.9. The highest BCUT2D eigenvalue weighted by Crippen LogP contribution is 2.35. The first-order valence-corrected chi connectivity index (χ1v) is 13.3. The molecule has 0 aliphatic heterocycles. The Hall–Kier alpha value is -4.46. The first-order valence-electron chi connectivity index (χ1n) is 12.1. The Morgan fingerprint density at radius 1 is 0.923 bits per heavy atom. The number of aryl methyl sites for hydroxylation is 1. The zero-order valence-corrected chi connectivity index (χ0v) is 22.5. The molecule has 39 heavy (non-hydrogen) atoms. The number of halogens is 1. The Morgan fingerprint density at radius 2 is 1.69 bits per heavy atom. The van der Waals surface area contributed by atoms with Crippen molar-refractivity contribution >= 4 is 51.1 Å². The van der Waals surface area contributed by atoms with Gasteiger partial charge in [0.15, 0.2) is 0 Å². The normalized spacial score (nSPS) is 11.0. The summed E-state index contributed by atoms with van der Waals surface area (Å²) in [4.78, 5) is 25.6. The molecule has 0 aliphatic rings. The molecule has 6 nitrogen and oxygen atoms in total. The van der Waals surface area contributed by atoms with Crippen LogP contribution in [0.2, 0.25) is 5.02 Å². The molecule has 0 fully saturated rings. The molecule has 5 rings (SSSR count). The molecule has 1 heterocycles. The third-order valence-corrected chi connectivity index (χ3v) is 7.47. The van der Waals surface area contributed by atoms with Crippen molar-refractivity contribution in [2.75, 3.05) is 0 Å². The summed E-state index contributed by atoms with van der Waals surface area (Å²) >= 11 is 7.68. The molecule has 5 aromatic rings. The molecule has 0 saturated heterocycles. The molecule has 1 aromatic heterocycles. The van der Waals surface area contributed by atoms with Crippen LogP contribution in [0.1, 0.15) is 36.7 Å². The van der Waals surface area contributed by atoms with Crippen molar-refractivity contribution in [2.24, 2.45) is 5.10 Å². The summed E-state index contributed by atoms with van der Waals surface area (Å²) in [5.74, 6) is 0.108. The molecular formula is C31H23ClN2O4S. The van der Waals surface area contributed by atoms with Gasteiger partial charge in [-0.2, -0.15) is 5.10 Å². The standard InChI is InChI=1S/C31H23ClN2O4S/c1-20-9-11-21(12-10-20)19-37-24-15-13-23(14-16-24)30(35)34-33-18-22-5-4-6-25(17-22)38-31(36)29-28(32)26-7-2-3-8-27(26)39-29/h2-18H,19H2,1H3,(H,34,35)/b33-18-. The molecule has 4 aromatic carbocycles. The summed E-state index contributed by atoms with van der Waals surface area (Å²) in [5, 5.41) is 5.23. The molecule has 0 aliphatic carbocycles. The number of hydrogen-bond donors (Lipinski definition) is 1. The topological polar surface area (TPSA) is 77.0 Å². The lowest BCUT2D eigenvalue weighted by atomic mass is 10.2. The Kier molecular flexibility index (Phi) is 8.01. The molecule has 0 spiro atoms. The van der Waals surface area contributed by atoms with Gasteiger partial charge in [0.25, 0.3) is 5.91 Å². The highest BCUT2D eigenvalue weighted by Gasteiger charge is 2.19. The largest absolute Gasteiger partial charge is 0.489 e. The number of nitrogens with one attached hydrogen (secondary N) is 1. The van der Waals surface area contributed by atoms with Crippen LogP contribution in [0.4, 0.5) is 0 Å². The van der Waals surface area contributed by atoms with Crippen molar-refractivity contribution in [3.8, 4) is 11.5 Å². The van der Waals surface area contributed by atoms with Crippen molar-refractivity contribution in [3.63, 3.8) is 0 Å². The first-order chi connectivity index (χ1) is 19.0. The Balaban J connectivity index is 1.15. The number of amides is 1. The average Bonchev–Trinajstić information content (AvgIpc) is 3.30. The maximum Gasteiger partial charge on any atom is 0.355 e. The predicted molar refractivity (Wildman–Crippen MR) is 155 cm³/mol. The number of fused-ring (bicyclic) bond motifs is 1. The van der Waals surface area contributed by atoms with Crippen LogP contribution in [0.25, 0.3) is 10.1 Å². The molecule has 8 heteroatoms. The van der Waals surface area contributed by atoms with Gasteiger partial charge in [-0.15, -0.1) is 11.3 Å². The summed E-state index contributed by atoms with van der Waals surface area (Å²) in [6.07, 6.45) is 1.47. The number of hydrazone groups is 1. The maximum atomic E-state index is 12.7. The minimum absolute atomic E-state index is 0.338. The van der Waals surface area contributed by atoms with Crippen molar-refractivity contribution < 1.29 is 19.1 Å². The van der Waals surface area contributed by atoms with Crippen molar-refractivity contribution in [3.05, 3.63) is 129 Å². The second kappa shape index (κ2) is 11.9. The van der Waals surface area contributed by atoms with Gasteiger partial charge in [0.05, 0.1) is 11.2 Å². The number of hydrogen-bond acceptors (Lipinski definition) is 6. The lowest BCUT2D eigenvalue weighted by Crippen LogP contribution is -2.17. The summed E-state index contributed by atoms with van der Waals surface area (Å²) in [6, 6.07) is 29.3. The van der Waals surface area contributed by atoms with E-state index in [1.54, 1.807) is 48.5 Å². The summed E-state index contributed by atoms with van der Waals surface area (Å²) in [6.45, 7) is 2.49. The maximum absolute atomic E-state index is 12.7. The fourth-order valence-corrected chi connectivity index (χ4v) is 5.13. The number of benzene rings is 4. The highest BCUT2D eigenvalue weighted by atomic mass is 35.5. The van der Waals surface area contributed by atoms with E-state index in [9.17, 15) is 9.59 Å². The van der Waals surface area contributed by atoms with Gasteiger partial charge in [-0.25, -0.2) is 10.2 Å². The highest BCUT2D eigenvalue weighted by molar-refractivity contribution is 7.21. The van der Waals surface area contributed by atoms with E-state index in [4.69, 9.17) is 21.1 Å². The number of esters is 1. The lowest BCUT2D eigenvalue weighted by molar-refractivity contribution is 0.0739. The summed E-state index contributed by atoms with van der Waals surface area (Å²) < 4.78 is 12.2. The number of carbonyl (C=O) groups excluding carboxylic acids is 2. The second-order valence-corrected chi connectivity index (χ2v) is 10.1. The van der Waals surface area contributed by atoms with Crippen molar-refractivity contribution in [1.29, 1.82) is 0 Å². The van der Waals surface area contributed by atoms with E-state index in [1.807, 2.05) is 55.5 Å². The average molecular weight is 555 g/mol. The molecular weight excluding hydrogens is 532 g/mol. The van der Waals surface area contributed by atoms with Crippen molar-refractivity contribution in [1.82, 2.24) is 5.43 Å². The molecule has 0 unspecified atom stereocenters. The Morgan fingerprint density at radius 3 is 2.46 bits per heavy atom. The van der Waals surface area contributed by atoms with Crippen LogP contribution in [0.3, 0.4) is 0 Å². The second-order valence-electron chi connectivity index (χ2n) is 8.70. The van der Waals surface area contributed by atoms with Gasteiger partial charge >= 0.3 is 5.97 Å². The van der Waals surface area contributed by atoms with E-state index in [0.29, 0.717) is 39.1 Å². The molecule has 1 N–H and O–H groups in total. The van der Waals surface area contributed by atoms with Crippen LogP contribution in [0, 0.1) is 6.92 Å². The van der Waals surface area contributed by atoms with E-state index < -0.39 is 5.97 Å². The summed E-state index contributed by atoms with van der Waals surface area (Å²) in [7, 11) is 0. The number of ether oxygens (including phenoxy) is 2. The Labute approximate surface area is 234 Å². The van der Waals surface area contributed by atoms with Crippen LogP contribution in [0.15, 0.2) is 102 Å².